The first-order valence-corrected chi connectivity index (χ1v) is 21.7. The number of furan rings is 1. The smallest absolute Gasteiger partial charge is 0.159 e. The molecule has 1 heterocycles. The van der Waals surface area contributed by atoms with Gasteiger partial charge in [0, 0.05) is 21.9 Å². The Morgan fingerprint density at radius 1 is 0.302 bits per heavy atom. The molecule has 0 atom stereocenters. The van der Waals surface area contributed by atoms with Crippen LogP contribution < -0.4 is 4.90 Å². The number of anilines is 3. The van der Waals surface area contributed by atoms with Crippen molar-refractivity contribution < 1.29 is 4.42 Å². The van der Waals surface area contributed by atoms with Crippen LogP contribution in [-0.2, 0) is 5.41 Å². The fourth-order valence-electron chi connectivity index (χ4n) is 10.4. The zero-order valence-corrected chi connectivity index (χ0v) is 34.5. The highest BCUT2D eigenvalue weighted by Crippen LogP contribution is 2.60. The van der Waals surface area contributed by atoms with Gasteiger partial charge in [-0.3, -0.25) is 0 Å². The molecular formula is C61H41NO. The summed E-state index contributed by atoms with van der Waals surface area (Å²) in [6.07, 6.45) is 0. The predicted molar refractivity (Wildman–Crippen MR) is 262 cm³/mol. The molecule has 10 aromatic carbocycles. The van der Waals surface area contributed by atoms with E-state index in [0.29, 0.717) is 0 Å². The van der Waals surface area contributed by atoms with E-state index in [4.69, 9.17) is 4.42 Å². The van der Waals surface area contributed by atoms with Crippen LogP contribution >= 0.6 is 0 Å². The number of benzene rings is 10. The lowest BCUT2D eigenvalue weighted by molar-refractivity contribution is 0.669. The van der Waals surface area contributed by atoms with Crippen LogP contribution in [0.4, 0.5) is 17.1 Å². The van der Waals surface area contributed by atoms with Crippen molar-refractivity contribution in [3.05, 3.63) is 271 Å². The Labute approximate surface area is 367 Å². The van der Waals surface area contributed by atoms with E-state index in [9.17, 15) is 0 Å². The first kappa shape index (κ1) is 36.6. The van der Waals surface area contributed by atoms with Crippen molar-refractivity contribution in [2.45, 2.75) is 5.41 Å². The molecule has 0 N–H and O–H groups in total. The van der Waals surface area contributed by atoms with Gasteiger partial charge in [0.05, 0.1) is 22.5 Å². The molecular weight excluding hydrogens is 763 g/mol. The normalized spacial score (nSPS) is 12.6. The summed E-state index contributed by atoms with van der Waals surface area (Å²) in [7, 11) is 0. The molecule has 1 aliphatic carbocycles. The molecule has 2 heteroatoms. The zero-order chi connectivity index (χ0) is 41.7. The van der Waals surface area contributed by atoms with E-state index in [2.05, 4.69) is 254 Å². The quantitative estimate of drug-likeness (QED) is 0.152. The Balaban J connectivity index is 1.18. The lowest BCUT2D eigenvalue weighted by Crippen LogP contribution is -2.28. The Kier molecular flexibility index (Phi) is 8.76. The van der Waals surface area contributed by atoms with E-state index >= 15 is 0 Å². The van der Waals surface area contributed by atoms with Crippen LogP contribution in [0.5, 0.6) is 0 Å². The van der Waals surface area contributed by atoms with Crippen LogP contribution in [0, 0.1) is 0 Å². The fraction of sp³-hybridized carbons (Fsp3) is 0.0164. The third-order valence-electron chi connectivity index (χ3n) is 13.0. The highest BCUT2D eigenvalue weighted by molar-refractivity contribution is 6.12. The highest BCUT2D eigenvalue weighted by atomic mass is 16.3. The molecule has 0 spiro atoms. The zero-order valence-electron chi connectivity index (χ0n) is 34.5. The minimum absolute atomic E-state index is 0.561. The molecule has 0 radical (unpaired) electrons. The van der Waals surface area contributed by atoms with Crippen molar-refractivity contribution in [3.8, 4) is 44.5 Å². The third kappa shape index (κ3) is 5.72. The van der Waals surface area contributed by atoms with Crippen molar-refractivity contribution in [1.82, 2.24) is 0 Å². The molecule has 0 fully saturated rings. The van der Waals surface area contributed by atoms with Crippen LogP contribution in [0.15, 0.2) is 253 Å². The van der Waals surface area contributed by atoms with Gasteiger partial charge in [-0.1, -0.05) is 224 Å². The number of hydrogen-bond donors (Lipinski definition) is 0. The van der Waals surface area contributed by atoms with Crippen LogP contribution in [0.25, 0.3) is 66.4 Å². The van der Waals surface area contributed by atoms with Crippen LogP contribution in [-0.4, -0.2) is 0 Å². The summed E-state index contributed by atoms with van der Waals surface area (Å²) >= 11 is 0. The van der Waals surface area contributed by atoms with E-state index in [0.717, 1.165) is 50.1 Å². The lowest BCUT2D eigenvalue weighted by Gasteiger charge is -2.34. The highest BCUT2D eigenvalue weighted by Gasteiger charge is 2.47. The summed E-state index contributed by atoms with van der Waals surface area (Å²) < 4.78 is 6.94. The van der Waals surface area contributed by atoms with Gasteiger partial charge in [0.25, 0.3) is 0 Å². The van der Waals surface area contributed by atoms with E-state index < -0.39 is 5.41 Å². The van der Waals surface area contributed by atoms with Gasteiger partial charge >= 0.3 is 0 Å². The Hall–Kier alpha value is -8.20. The average molecular weight is 804 g/mol. The topological polar surface area (TPSA) is 16.4 Å². The number of nitrogens with zero attached hydrogens (tertiary/aromatic N) is 1. The Morgan fingerprint density at radius 3 is 1.48 bits per heavy atom. The maximum Gasteiger partial charge on any atom is 0.159 e. The predicted octanol–water partition coefficient (Wildman–Crippen LogP) is 16.4. The Bertz CT molecular complexity index is 3420. The van der Waals surface area contributed by atoms with Gasteiger partial charge < -0.3 is 9.32 Å². The third-order valence-corrected chi connectivity index (χ3v) is 13.0. The van der Waals surface area contributed by atoms with E-state index in [1.54, 1.807) is 0 Å². The summed E-state index contributed by atoms with van der Waals surface area (Å²) in [5.41, 5.74) is 18.7. The van der Waals surface area contributed by atoms with Gasteiger partial charge in [-0.25, -0.2) is 0 Å². The summed E-state index contributed by atoms with van der Waals surface area (Å²) in [5.74, 6) is 0. The maximum absolute atomic E-state index is 6.94. The molecule has 0 aliphatic heterocycles. The van der Waals surface area contributed by atoms with Crippen LogP contribution in [0.3, 0.4) is 0 Å². The molecule has 2 nitrogen and oxygen atoms in total. The molecule has 296 valence electrons. The molecule has 0 saturated carbocycles. The number of fused-ring (bicyclic) bond motifs is 6. The second-order valence-corrected chi connectivity index (χ2v) is 16.3. The number of para-hydroxylation sites is 3. The second-order valence-electron chi connectivity index (χ2n) is 16.3. The minimum atomic E-state index is -0.561. The van der Waals surface area contributed by atoms with Crippen LogP contribution in [0.1, 0.15) is 22.3 Å². The second kappa shape index (κ2) is 15.1. The summed E-state index contributed by atoms with van der Waals surface area (Å²) in [4.78, 5) is 2.47. The largest absolute Gasteiger partial charge is 0.454 e. The average Bonchev–Trinajstić information content (AvgIpc) is 3.90. The van der Waals surface area contributed by atoms with Crippen molar-refractivity contribution in [3.63, 3.8) is 0 Å². The number of hydrogen-bond acceptors (Lipinski definition) is 2. The van der Waals surface area contributed by atoms with Gasteiger partial charge in [0.2, 0.25) is 0 Å². The van der Waals surface area contributed by atoms with Gasteiger partial charge in [-0.05, 0) is 79.9 Å². The summed E-state index contributed by atoms with van der Waals surface area (Å²) in [6, 6.07) is 90.2. The van der Waals surface area contributed by atoms with Crippen LogP contribution in [0.2, 0.25) is 0 Å². The Morgan fingerprint density at radius 2 is 0.762 bits per heavy atom. The molecule has 0 amide bonds. The monoisotopic (exact) mass is 803 g/mol. The van der Waals surface area contributed by atoms with Crippen molar-refractivity contribution in [1.29, 1.82) is 0 Å². The SMILES string of the molecule is c1ccc(-c2ccccc2-c2ccccc2-c2ccccc2N(c2cccc3c2-c2ccccc2C3(c2ccccc2)c2ccccc2)c2cccc3c2oc2ccccc23)cc1. The molecule has 11 aromatic rings. The van der Waals surface area contributed by atoms with E-state index in [1.165, 1.54) is 55.6 Å². The van der Waals surface area contributed by atoms with Gasteiger partial charge in [0.1, 0.15) is 5.58 Å². The summed E-state index contributed by atoms with van der Waals surface area (Å²) in [5, 5.41) is 2.18. The molecule has 0 unspecified atom stereocenters. The molecule has 0 saturated heterocycles. The minimum Gasteiger partial charge on any atom is -0.454 e. The molecule has 0 bridgehead atoms. The molecule has 12 rings (SSSR count). The lowest BCUT2D eigenvalue weighted by atomic mass is 9.68. The molecule has 1 aromatic heterocycles. The number of rotatable bonds is 8. The van der Waals surface area contributed by atoms with Gasteiger partial charge in [-0.15, -0.1) is 0 Å². The molecule has 63 heavy (non-hydrogen) atoms. The molecule has 1 aliphatic rings. The van der Waals surface area contributed by atoms with E-state index in [1.807, 2.05) is 0 Å². The van der Waals surface area contributed by atoms with Crippen molar-refractivity contribution in [2.75, 3.05) is 4.90 Å². The van der Waals surface area contributed by atoms with Crippen molar-refractivity contribution in [2.24, 2.45) is 0 Å². The first-order chi connectivity index (χ1) is 31.3. The van der Waals surface area contributed by atoms with Gasteiger partial charge in [0.15, 0.2) is 5.58 Å². The standard InChI is InChI=1S/C61H41NO/c1-4-22-42(23-5-1)45-28-10-11-29-46(45)47-30-12-13-31-48(47)49-32-15-18-38-55(49)62(57-40-20-35-51-50-33-16-19-41-58(50)63-60(51)57)56-39-21-37-54-59(56)52-34-14-17-36-53(52)61(54,43-24-6-2-7-25-43)44-26-8-3-9-27-44/h1-41H. The van der Waals surface area contributed by atoms with Gasteiger partial charge in [-0.2, -0.15) is 0 Å². The maximum atomic E-state index is 6.94. The van der Waals surface area contributed by atoms with E-state index in [-0.39, 0.29) is 0 Å². The summed E-state index contributed by atoms with van der Waals surface area (Å²) in [6.45, 7) is 0. The fourth-order valence-corrected chi connectivity index (χ4v) is 10.4. The van der Waals surface area contributed by atoms with Crippen molar-refractivity contribution >= 4 is 39.0 Å². The first-order valence-electron chi connectivity index (χ1n) is 21.7.